The maximum Gasteiger partial charge on any atom is 0.0528 e. The molecule has 0 radical (unpaired) electrons. The Hall–Kier alpha value is -0.770. The quantitative estimate of drug-likeness (QED) is 0.820. The van der Waals surface area contributed by atoms with Crippen LogP contribution in [-0.4, -0.2) is 31.9 Å². The van der Waals surface area contributed by atoms with Crippen LogP contribution in [0.5, 0.6) is 0 Å². The number of aliphatic hydroxyl groups is 1. The Morgan fingerprint density at radius 1 is 1.47 bits per heavy atom. The van der Waals surface area contributed by atoms with E-state index in [0.717, 1.165) is 35.8 Å². The second kappa shape index (κ2) is 6.84. The van der Waals surface area contributed by atoms with Crippen molar-refractivity contribution in [2.24, 2.45) is 0 Å². The lowest BCUT2D eigenvalue weighted by atomic mass is 10.2. The van der Waals surface area contributed by atoms with Gasteiger partial charge in [0.15, 0.2) is 0 Å². The molecule has 1 aromatic rings. The normalized spacial score (nSPS) is 12.5. The number of hydrogen-bond donors (Lipinski definition) is 2. The molecule has 0 spiro atoms. The Morgan fingerprint density at radius 2 is 2.18 bits per heavy atom. The number of anilines is 1. The molecule has 0 bridgehead atoms. The van der Waals surface area contributed by atoms with E-state index >= 15 is 0 Å². The highest BCUT2D eigenvalue weighted by molar-refractivity contribution is 6.31. The minimum Gasteiger partial charge on any atom is -0.393 e. The van der Waals surface area contributed by atoms with Crippen molar-refractivity contribution in [3.63, 3.8) is 0 Å². The first-order chi connectivity index (χ1) is 8.04. The van der Waals surface area contributed by atoms with E-state index in [4.69, 9.17) is 11.6 Å². The monoisotopic (exact) mass is 256 g/mol. The second-order valence-corrected chi connectivity index (χ2v) is 4.77. The highest BCUT2D eigenvalue weighted by Crippen LogP contribution is 2.23. The average molecular weight is 257 g/mol. The number of rotatable bonds is 6. The standard InChI is InChI=1S/C13H21ClN2O/c1-10(17)6-7-16(3)12-5-4-11(9-15-2)13(14)8-12/h4-5,8,10,15,17H,6-7,9H2,1-3H3. The maximum absolute atomic E-state index is 9.26. The van der Waals surface area contributed by atoms with Crippen LogP contribution >= 0.6 is 11.6 Å². The number of aliphatic hydroxyl groups excluding tert-OH is 1. The van der Waals surface area contributed by atoms with E-state index in [1.54, 1.807) is 6.92 Å². The molecule has 0 aliphatic heterocycles. The summed E-state index contributed by atoms with van der Waals surface area (Å²) in [7, 11) is 3.91. The number of nitrogens with zero attached hydrogens (tertiary/aromatic N) is 1. The van der Waals surface area contributed by atoms with E-state index in [1.165, 1.54) is 0 Å². The summed E-state index contributed by atoms with van der Waals surface area (Å²) in [4.78, 5) is 2.10. The SMILES string of the molecule is CNCc1ccc(N(C)CCC(C)O)cc1Cl. The predicted octanol–water partition coefficient (Wildman–Crippen LogP) is 2.27. The molecule has 2 N–H and O–H groups in total. The second-order valence-electron chi connectivity index (χ2n) is 4.37. The largest absolute Gasteiger partial charge is 0.393 e. The third kappa shape index (κ3) is 4.54. The van der Waals surface area contributed by atoms with Crippen LogP contribution in [0, 0.1) is 0 Å². The molecule has 0 aliphatic rings. The van der Waals surface area contributed by atoms with Gasteiger partial charge in [0.1, 0.15) is 0 Å². The van der Waals surface area contributed by atoms with Gasteiger partial charge >= 0.3 is 0 Å². The zero-order chi connectivity index (χ0) is 12.8. The van der Waals surface area contributed by atoms with Crippen molar-refractivity contribution in [2.75, 3.05) is 25.5 Å². The van der Waals surface area contributed by atoms with Gasteiger partial charge in [0, 0.05) is 30.8 Å². The van der Waals surface area contributed by atoms with Crippen LogP contribution in [0.15, 0.2) is 18.2 Å². The Morgan fingerprint density at radius 3 is 2.71 bits per heavy atom. The molecule has 0 fully saturated rings. The van der Waals surface area contributed by atoms with E-state index in [2.05, 4.69) is 16.3 Å². The van der Waals surface area contributed by atoms with Gasteiger partial charge in [-0.1, -0.05) is 17.7 Å². The van der Waals surface area contributed by atoms with E-state index in [-0.39, 0.29) is 6.10 Å². The molecule has 0 saturated carbocycles. The molecule has 96 valence electrons. The Kier molecular flexibility index (Phi) is 5.75. The Bertz CT molecular complexity index is 355. The molecular weight excluding hydrogens is 236 g/mol. The van der Waals surface area contributed by atoms with E-state index < -0.39 is 0 Å². The first-order valence-corrected chi connectivity index (χ1v) is 6.24. The number of nitrogens with one attached hydrogen (secondary N) is 1. The van der Waals surface area contributed by atoms with Gasteiger partial charge in [-0.25, -0.2) is 0 Å². The molecule has 1 unspecified atom stereocenters. The summed E-state index contributed by atoms with van der Waals surface area (Å²) in [6, 6.07) is 6.06. The van der Waals surface area contributed by atoms with Gasteiger partial charge < -0.3 is 15.3 Å². The molecule has 17 heavy (non-hydrogen) atoms. The lowest BCUT2D eigenvalue weighted by Gasteiger charge is -2.21. The van der Waals surface area contributed by atoms with Gasteiger partial charge in [0.25, 0.3) is 0 Å². The number of halogens is 1. The molecule has 1 rings (SSSR count). The van der Waals surface area contributed by atoms with Gasteiger partial charge in [-0.05, 0) is 38.1 Å². The maximum atomic E-state index is 9.26. The van der Waals surface area contributed by atoms with Crippen molar-refractivity contribution in [1.29, 1.82) is 0 Å². The molecule has 0 heterocycles. The molecule has 0 saturated heterocycles. The zero-order valence-corrected chi connectivity index (χ0v) is 11.5. The van der Waals surface area contributed by atoms with Crippen LogP contribution < -0.4 is 10.2 Å². The lowest BCUT2D eigenvalue weighted by molar-refractivity contribution is 0.187. The number of hydrogen-bond acceptors (Lipinski definition) is 3. The van der Waals surface area contributed by atoms with E-state index in [1.807, 2.05) is 26.2 Å². The minimum absolute atomic E-state index is 0.267. The van der Waals surface area contributed by atoms with Gasteiger partial charge in [0.05, 0.1) is 6.10 Å². The third-order valence-electron chi connectivity index (χ3n) is 2.73. The van der Waals surface area contributed by atoms with Crippen molar-refractivity contribution in [3.05, 3.63) is 28.8 Å². The summed E-state index contributed by atoms with van der Waals surface area (Å²) < 4.78 is 0. The van der Waals surface area contributed by atoms with Crippen LogP contribution in [0.4, 0.5) is 5.69 Å². The lowest BCUT2D eigenvalue weighted by Crippen LogP contribution is -2.21. The summed E-state index contributed by atoms with van der Waals surface area (Å²) in [6.45, 7) is 3.40. The molecule has 4 heteroatoms. The van der Waals surface area contributed by atoms with Crippen LogP contribution in [-0.2, 0) is 6.54 Å². The average Bonchev–Trinajstić information content (AvgIpc) is 2.28. The molecule has 3 nitrogen and oxygen atoms in total. The topological polar surface area (TPSA) is 35.5 Å². The van der Waals surface area contributed by atoms with E-state index in [0.29, 0.717) is 0 Å². The summed E-state index contributed by atoms with van der Waals surface area (Å²) in [5.74, 6) is 0. The summed E-state index contributed by atoms with van der Waals surface area (Å²) in [6.07, 6.45) is 0.489. The predicted molar refractivity (Wildman–Crippen MR) is 73.8 cm³/mol. The Balaban J connectivity index is 2.68. The first kappa shape index (κ1) is 14.3. The fourth-order valence-electron chi connectivity index (χ4n) is 1.62. The van der Waals surface area contributed by atoms with Gasteiger partial charge in [-0.15, -0.1) is 0 Å². The van der Waals surface area contributed by atoms with Crippen molar-refractivity contribution < 1.29 is 5.11 Å². The molecule has 1 aromatic carbocycles. The minimum atomic E-state index is -0.267. The van der Waals surface area contributed by atoms with Gasteiger partial charge in [0.2, 0.25) is 0 Å². The molecule has 1 atom stereocenters. The molecular formula is C13H21ClN2O. The van der Waals surface area contributed by atoms with Crippen molar-refractivity contribution in [1.82, 2.24) is 5.32 Å². The van der Waals surface area contributed by atoms with Crippen molar-refractivity contribution in [3.8, 4) is 0 Å². The molecule has 0 aromatic heterocycles. The van der Waals surface area contributed by atoms with Crippen molar-refractivity contribution >= 4 is 17.3 Å². The highest BCUT2D eigenvalue weighted by Gasteiger charge is 2.06. The summed E-state index contributed by atoms with van der Waals surface area (Å²) in [5.41, 5.74) is 2.18. The van der Waals surface area contributed by atoms with Crippen LogP contribution in [0.25, 0.3) is 0 Å². The highest BCUT2D eigenvalue weighted by atomic mass is 35.5. The fraction of sp³-hybridized carbons (Fsp3) is 0.538. The summed E-state index contributed by atoms with van der Waals surface area (Å²) in [5, 5.41) is 13.1. The van der Waals surface area contributed by atoms with Gasteiger partial charge in [-0.3, -0.25) is 0 Å². The first-order valence-electron chi connectivity index (χ1n) is 5.86. The molecule has 0 aliphatic carbocycles. The Labute approximate surface area is 108 Å². The van der Waals surface area contributed by atoms with Crippen LogP contribution in [0.1, 0.15) is 18.9 Å². The third-order valence-corrected chi connectivity index (χ3v) is 3.08. The molecule has 0 amide bonds. The van der Waals surface area contributed by atoms with Gasteiger partial charge in [-0.2, -0.15) is 0 Å². The van der Waals surface area contributed by atoms with Crippen LogP contribution in [0.2, 0.25) is 5.02 Å². The summed E-state index contributed by atoms with van der Waals surface area (Å²) >= 11 is 6.20. The smallest absolute Gasteiger partial charge is 0.0528 e. The van der Waals surface area contributed by atoms with Crippen molar-refractivity contribution in [2.45, 2.75) is 26.0 Å². The fourth-order valence-corrected chi connectivity index (χ4v) is 1.86. The van der Waals surface area contributed by atoms with E-state index in [9.17, 15) is 5.11 Å². The zero-order valence-electron chi connectivity index (χ0n) is 10.7. The number of benzene rings is 1. The van der Waals surface area contributed by atoms with Crippen LogP contribution in [0.3, 0.4) is 0 Å².